The van der Waals surface area contributed by atoms with Crippen molar-refractivity contribution in [3.63, 3.8) is 0 Å². The Morgan fingerprint density at radius 1 is 1.41 bits per heavy atom. The summed E-state index contributed by atoms with van der Waals surface area (Å²) in [5.41, 5.74) is 0. The van der Waals surface area contributed by atoms with E-state index in [0.29, 0.717) is 12.0 Å². The summed E-state index contributed by atoms with van der Waals surface area (Å²) in [7, 11) is 4.01. The van der Waals surface area contributed by atoms with Gasteiger partial charge in [-0.15, -0.1) is 0 Å². The summed E-state index contributed by atoms with van der Waals surface area (Å²) in [6.07, 6.45) is 3.80. The van der Waals surface area contributed by atoms with E-state index in [4.69, 9.17) is 4.74 Å². The number of aliphatic imine (C=N–C) groups is 1. The molecule has 2 heterocycles. The fourth-order valence-corrected chi connectivity index (χ4v) is 3.63. The average Bonchev–Trinajstić information content (AvgIpc) is 3.11. The number of rotatable bonds is 6. The highest BCUT2D eigenvalue weighted by atomic mass is 16.5. The molecule has 0 spiro atoms. The van der Waals surface area contributed by atoms with Crippen LogP contribution in [0.1, 0.15) is 33.1 Å². The molecule has 2 rings (SSSR count). The van der Waals surface area contributed by atoms with Gasteiger partial charge in [-0.3, -0.25) is 9.89 Å². The highest BCUT2D eigenvalue weighted by Gasteiger charge is 2.25. The molecule has 2 aliphatic heterocycles. The van der Waals surface area contributed by atoms with Crippen LogP contribution in [-0.4, -0.2) is 75.3 Å². The molecule has 22 heavy (non-hydrogen) atoms. The SMILES string of the molecule is CN=C(NC[C@H]1CCCN1CC(C)C)N(C)CC1CCOC1. The monoisotopic (exact) mass is 310 g/mol. The first kappa shape index (κ1) is 17.5. The summed E-state index contributed by atoms with van der Waals surface area (Å²) < 4.78 is 5.47. The van der Waals surface area contributed by atoms with Crippen molar-refractivity contribution < 1.29 is 4.74 Å². The predicted octanol–water partition coefficient (Wildman–Crippen LogP) is 1.65. The quantitative estimate of drug-likeness (QED) is 0.598. The summed E-state index contributed by atoms with van der Waals surface area (Å²) in [5.74, 6) is 2.40. The molecule has 2 aliphatic rings. The molecule has 2 saturated heterocycles. The van der Waals surface area contributed by atoms with E-state index in [-0.39, 0.29) is 0 Å². The van der Waals surface area contributed by atoms with Crippen LogP contribution >= 0.6 is 0 Å². The minimum Gasteiger partial charge on any atom is -0.381 e. The van der Waals surface area contributed by atoms with Crippen molar-refractivity contribution in [2.24, 2.45) is 16.8 Å². The molecule has 5 nitrogen and oxygen atoms in total. The van der Waals surface area contributed by atoms with Crippen molar-refractivity contribution in [3.05, 3.63) is 0 Å². The number of ether oxygens (including phenoxy) is 1. The van der Waals surface area contributed by atoms with Crippen molar-refractivity contribution in [3.8, 4) is 0 Å². The van der Waals surface area contributed by atoms with Gasteiger partial charge in [0.05, 0.1) is 6.61 Å². The van der Waals surface area contributed by atoms with Crippen molar-refractivity contribution in [2.45, 2.75) is 39.2 Å². The van der Waals surface area contributed by atoms with Crippen LogP contribution < -0.4 is 5.32 Å². The van der Waals surface area contributed by atoms with Crippen LogP contribution in [0.25, 0.3) is 0 Å². The standard InChI is InChI=1S/C17H34N4O/c1-14(2)11-21-8-5-6-16(21)10-19-17(18-3)20(4)12-15-7-9-22-13-15/h14-16H,5-13H2,1-4H3,(H,18,19)/t15?,16-/m1/s1. The molecule has 1 unspecified atom stereocenters. The molecule has 0 amide bonds. The van der Waals surface area contributed by atoms with Crippen LogP contribution in [0, 0.1) is 11.8 Å². The Hall–Kier alpha value is -0.810. The lowest BCUT2D eigenvalue weighted by molar-refractivity contribution is 0.181. The summed E-state index contributed by atoms with van der Waals surface area (Å²) in [5, 5.41) is 3.58. The van der Waals surface area contributed by atoms with Crippen LogP contribution in [-0.2, 0) is 4.74 Å². The Morgan fingerprint density at radius 3 is 2.86 bits per heavy atom. The minimum atomic E-state index is 0.646. The van der Waals surface area contributed by atoms with E-state index in [2.05, 4.69) is 41.0 Å². The highest BCUT2D eigenvalue weighted by molar-refractivity contribution is 5.79. The van der Waals surface area contributed by atoms with Gasteiger partial charge in [-0.1, -0.05) is 13.8 Å². The Morgan fingerprint density at radius 2 is 2.23 bits per heavy atom. The van der Waals surface area contributed by atoms with E-state index < -0.39 is 0 Å². The molecule has 128 valence electrons. The molecule has 0 aliphatic carbocycles. The third-order valence-electron chi connectivity index (χ3n) is 4.72. The summed E-state index contributed by atoms with van der Waals surface area (Å²) in [6, 6.07) is 0.655. The Balaban J connectivity index is 1.77. The van der Waals surface area contributed by atoms with Gasteiger partial charge in [-0.05, 0) is 31.7 Å². The third-order valence-corrected chi connectivity index (χ3v) is 4.72. The molecule has 1 N–H and O–H groups in total. The predicted molar refractivity (Wildman–Crippen MR) is 92.4 cm³/mol. The lowest BCUT2D eigenvalue weighted by atomic mass is 10.1. The number of hydrogen-bond donors (Lipinski definition) is 1. The van der Waals surface area contributed by atoms with Gasteiger partial charge in [0.1, 0.15) is 0 Å². The van der Waals surface area contributed by atoms with E-state index in [1.54, 1.807) is 0 Å². The van der Waals surface area contributed by atoms with E-state index >= 15 is 0 Å². The average molecular weight is 310 g/mol. The van der Waals surface area contributed by atoms with Gasteiger partial charge in [-0.25, -0.2) is 0 Å². The second kappa shape index (κ2) is 8.73. The fourth-order valence-electron chi connectivity index (χ4n) is 3.63. The first-order valence-corrected chi connectivity index (χ1v) is 8.83. The Bertz CT molecular complexity index is 353. The normalized spacial score (nSPS) is 26.9. The maximum Gasteiger partial charge on any atom is 0.193 e. The number of hydrogen-bond acceptors (Lipinski definition) is 3. The maximum atomic E-state index is 5.47. The van der Waals surface area contributed by atoms with Crippen LogP contribution in [0.4, 0.5) is 0 Å². The first-order valence-electron chi connectivity index (χ1n) is 8.83. The second-order valence-corrected chi connectivity index (χ2v) is 7.22. The zero-order chi connectivity index (χ0) is 15.9. The smallest absolute Gasteiger partial charge is 0.193 e. The number of nitrogens with zero attached hydrogens (tertiary/aromatic N) is 3. The molecule has 0 aromatic carbocycles. The van der Waals surface area contributed by atoms with E-state index in [0.717, 1.165) is 38.2 Å². The maximum absolute atomic E-state index is 5.47. The van der Waals surface area contributed by atoms with E-state index in [1.165, 1.54) is 32.4 Å². The number of nitrogens with one attached hydrogen (secondary N) is 1. The first-order chi connectivity index (χ1) is 10.6. The molecule has 2 fully saturated rings. The molecular weight excluding hydrogens is 276 g/mol. The van der Waals surface area contributed by atoms with Crippen molar-refractivity contribution in [1.82, 2.24) is 15.1 Å². The minimum absolute atomic E-state index is 0.646. The Labute approximate surface area is 136 Å². The summed E-state index contributed by atoms with van der Waals surface area (Å²) >= 11 is 0. The zero-order valence-electron chi connectivity index (χ0n) is 14.8. The molecule has 0 aromatic rings. The van der Waals surface area contributed by atoms with Gasteiger partial charge >= 0.3 is 0 Å². The van der Waals surface area contributed by atoms with Gasteiger partial charge in [0.25, 0.3) is 0 Å². The lowest BCUT2D eigenvalue weighted by Gasteiger charge is -2.29. The van der Waals surface area contributed by atoms with Gasteiger partial charge in [-0.2, -0.15) is 0 Å². The molecular formula is C17H34N4O. The van der Waals surface area contributed by atoms with Crippen LogP contribution in [0.3, 0.4) is 0 Å². The molecule has 2 atom stereocenters. The molecule has 0 aromatic heterocycles. The number of guanidine groups is 1. The third kappa shape index (κ3) is 5.13. The molecule has 5 heteroatoms. The highest BCUT2D eigenvalue weighted by Crippen LogP contribution is 2.18. The van der Waals surface area contributed by atoms with Crippen molar-refractivity contribution in [1.29, 1.82) is 0 Å². The van der Waals surface area contributed by atoms with Gasteiger partial charge < -0.3 is 15.0 Å². The van der Waals surface area contributed by atoms with Crippen molar-refractivity contribution in [2.75, 3.05) is 53.5 Å². The van der Waals surface area contributed by atoms with Gasteiger partial charge in [0.2, 0.25) is 0 Å². The lowest BCUT2D eigenvalue weighted by Crippen LogP contribution is -2.47. The van der Waals surface area contributed by atoms with Crippen molar-refractivity contribution >= 4 is 5.96 Å². The Kier molecular flexibility index (Phi) is 6.96. The summed E-state index contributed by atoms with van der Waals surface area (Å²) in [6.45, 7) is 10.9. The molecule has 0 bridgehead atoms. The number of likely N-dealkylation sites (tertiary alicyclic amines) is 1. The van der Waals surface area contributed by atoms with Gasteiger partial charge in [0, 0.05) is 52.3 Å². The summed E-state index contributed by atoms with van der Waals surface area (Å²) in [4.78, 5) is 9.33. The van der Waals surface area contributed by atoms with Crippen LogP contribution in [0.5, 0.6) is 0 Å². The molecule has 0 radical (unpaired) electrons. The largest absolute Gasteiger partial charge is 0.381 e. The van der Waals surface area contributed by atoms with Gasteiger partial charge in [0.15, 0.2) is 5.96 Å². The molecule has 0 saturated carbocycles. The second-order valence-electron chi connectivity index (χ2n) is 7.22. The van der Waals surface area contributed by atoms with Crippen LogP contribution in [0.15, 0.2) is 4.99 Å². The van der Waals surface area contributed by atoms with Crippen LogP contribution in [0.2, 0.25) is 0 Å². The van der Waals surface area contributed by atoms with E-state index in [1.807, 2.05) is 7.05 Å². The fraction of sp³-hybridized carbons (Fsp3) is 0.941. The zero-order valence-corrected chi connectivity index (χ0v) is 14.8. The topological polar surface area (TPSA) is 40.1 Å². The van der Waals surface area contributed by atoms with E-state index in [9.17, 15) is 0 Å².